The van der Waals surface area contributed by atoms with E-state index in [1.807, 2.05) is 24.3 Å². The SMILES string of the molecule is COc1ccc(/C(O)=C2/C(=O)C(=O)N(c3nnc(SCc4ccccc4F)s3)C2c2ccc(C(C)(C)C)cc2)cc1. The fourth-order valence-electron chi connectivity index (χ4n) is 4.53. The van der Waals surface area contributed by atoms with E-state index in [4.69, 9.17) is 4.74 Å². The van der Waals surface area contributed by atoms with Crippen LogP contribution >= 0.6 is 23.1 Å². The van der Waals surface area contributed by atoms with Crippen LogP contribution in [-0.4, -0.2) is 34.1 Å². The van der Waals surface area contributed by atoms with Gasteiger partial charge >= 0.3 is 5.91 Å². The van der Waals surface area contributed by atoms with Crippen molar-refractivity contribution in [1.82, 2.24) is 10.2 Å². The van der Waals surface area contributed by atoms with Crippen LogP contribution in [0.4, 0.5) is 9.52 Å². The molecule has 1 aromatic heterocycles. The highest BCUT2D eigenvalue weighted by molar-refractivity contribution is 8.00. The maximum atomic E-state index is 14.1. The second-order valence-electron chi connectivity index (χ2n) is 10.5. The van der Waals surface area contributed by atoms with E-state index in [1.165, 1.54) is 29.8 Å². The Balaban J connectivity index is 1.56. The number of anilines is 1. The minimum atomic E-state index is -0.927. The summed E-state index contributed by atoms with van der Waals surface area (Å²) in [6.07, 6.45) is 0. The van der Waals surface area contributed by atoms with Gasteiger partial charge in [-0.1, -0.05) is 86.3 Å². The molecule has 5 rings (SSSR count). The average molecular weight is 590 g/mol. The number of amides is 1. The summed E-state index contributed by atoms with van der Waals surface area (Å²) in [5, 5.41) is 20.0. The summed E-state index contributed by atoms with van der Waals surface area (Å²) >= 11 is 2.42. The summed E-state index contributed by atoms with van der Waals surface area (Å²) in [4.78, 5) is 28.2. The van der Waals surface area contributed by atoms with Crippen LogP contribution in [-0.2, 0) is 20.8 Å². The van der Waals surface area contributed by atoms with E-state index in [0.29, 0.717) is 32.5 Å². The lowest BCUT2D eigenvalue weighted by atomic mass is 9.85. The third-order valence-corrected chi connectivity index (χ3v) is 8.92. The number of carbonyl (C=O) groups is 2. The van der Waals surface area contributed by atoms with Crippen LogP contribution in [0, 0.1) is 5.82 Å². The topological polar surface area (TPSA) is 92.6 Å². The number of ether oxygens (including phenoxy) is 1. The molecule has 1 N–H and O–H groups in total. The Morgan fingerprint density at radius 3 is 2.34 bits per heavy atom. The molecule has 1 fully saturated rings. The standard InChI is InChI=1S/C31H28FN3O4S2/c1-31(2,3)21-13-9-18(10-14-21)25-24(26(36)19-11-15-22(39-4)16-12-19)27(37)28(38)35(25)29-33-34-30(41-29)40-17-20-7-5-6-8-23(20)32/h5-16,25,36H,17H2,1-4H3/b26-24-. The third-order valence-electron chi connectivity index (χ3n) is 6.81. The molecular weight excluding hydrogens is 561 g/mol. The molecule has 0 saturated carbocycles. The summed E-state index contributed by atoms with van der Waals surface area (Å²) in [6.45, 7) is 6.29. The van der Waals surface area contributed by atoms with E-state index in [1.54, 1.807) is 42.5 Å². The Labute approximate surface area is 245 Å². The first-order valence-corrected chi connectivity index (χ1v) is 14.6. The summed E-state index contributed by atoms with van der Waals surface area (Å²) < 4.78 is 19.8. The predicted octanol–water partition coefficient (Wildman–Crippen LogP) is 6.90. The fraction of sp³-hybridized carbons (Fsp3) is 0.226. The van der Waals surface area contributed by atoms with Gasteiger partial charge in [0.15, 0.2) is 4.34 Å². The number of thioether (sulfide) groups is 1. The van der Waals surface area contributed by atoms with E-state index in [9.17, 15) is 19.1 Å². The molecule has 1 saturated heterocycles. The van der Waals surface area contributed by atoms with Gasteiger partial charge in [-0.05, 0) is 52.4 Å². The predicted molar refractivity (Wildman–Crippen MR) is 159 cm³/mol. The number of methoxy groups -OCH3 is 1. The number of ketones is 1. The van der Waals surface area contributed by atoms with Gasteiger partial charge < -0.3 is 9.84 Å². The number of aliphatic hydroxyl groups is 1. The molecule has 10 heteroatoms. The lowest BCUT2D eigenvalue weighted by Crippen LogP contribution is -2.29. The van der Waals surface area contributed by atoms with Gasteiger partial charge in [-0.2, -0.15) is 0 Å². The van der Waals surface area contributed by atoms with Crippen molar-refractivity contribution in [1.29, 1.82) is 0 Å². The first-order chi connectivity index (χ1) is 19.6. The molecular formula is C31H28FN3O4S2. The Morgan fingerprint density at radius 1 is 1.02 bits per heavy atom. The van der Waals surface area contributed by atoms with Crippen molar-refractivity contribution < 1.29 is 23.8 Å². The zero-order chi connectivity index (χ0) is 29.3. The molecule has 210 valence electrons. The quantitative estimate of drug-likeness (QED) is 0.0824. The Bertz CT molecular complexity index is 1630. The van der Waals surface area contributed by atoms with Crippen LogP contribution in [0.3, 0.4) is 0 Å². The molecule has 1 aliphatic rings. The number of aliphatic hydroxyl groups excluding tert-OH is 1. The number of Topliss-reactive ketones (excluding diaryl/α,β-unsaturated/α-hetero) is 1. The van der Waals surface area contributed by atoms with Crippen molar-refractivity contribution in [2.45, 2.75) is 42.3 Å². The Kier molecular flexibility index (Phi) is 7.97. The zero-order valence-electron chi connectivity index (χ0n) is 22.9. The number of hydrogen-bond acceptors (Lipinski definition) is 8. The maximum absolute atomic E-state index is 14.1. The van der Waals surface area contributed by atoms with Gasteiger partial charge in [0.05, 0.1) is 18.7 Å². The number of hydrogen-bond donors (Lipinski definition) is 1. The molecule has 0 aliphatic carbocycles. The largest absolute Gasteiger partial charge is 0.507 e. The lowest BCUT2D eigenvalue weighted by molar-refractivity contribution is -0.132. The van der Waals surface area contributed by atoms with E-state index < -0.39 is 17.7 Å². The monoisotopic (exact) mass is 589 g/mol. The molecule has 1 unspecified atom stereocenters. The number of carbonyl (C=O) groups excluding carboxylic acids is 2. The van der Waals surface area contributed by atoms with Crippen molar-refractivity contribution >= 4 is 45.7 Å². The van der Waals surface area contributed by atoms with Gasteiger partial charge in [0.25, 0.3) is 5.78 Å². The molecule has 1 amide bonds. The highest BCUT2D eigenvalue weighted by atomic mass is 32.2. The number of nitrogens with zero attached hydrogens (tertiary/aromatic N) is 3. The summed E-state index contributed by atoms with van der Waals surface area (Å²) in [7, 11) is 1.53. The first-order valence-electron chi connectivity index (χ1n) is 12.8. The van der Waals surface area contributed by atoms with Gasteiger partial charge in [-0.15, -0.1) is 10.2 Å². The van der Waals surface area contributed by atoms with Crippen molar-refractivity contribution in [3.05, 3.63) is 106 Å². The lowest BCUT2D eigenvalue weighted by Gasteiger charge is -2.24. The smallest absolute Gasteiger partial charge is 0.301 e. The highest BCUT2D eigenvalue weighted by Gasteiger charge is 2.48. The van der Waals surface area contributed by atoms with E-state index in [2.05, 4.69) is 31.0 Å². The number of benzene rings is 3. The fourth-order valence-corrected chi connectivity index (χ4v) is 6.38. The summed E-state index contributed by atoms with van der Waals surface area (Å²) in [5.41, 5.74) is 2.47. The molecule has 3 aromatic carbocycles. The van der Waals surface area contributed by atoms with Crippen LogP contribution in [0.25, 0.3) is 5.76 Å². The van der Waals surface area contributed by atoms with Crippen LogP contribution in [0.5, 0.6) is 5.75 Å². The van der Waals surface area contributed by atoms with E-state index >= 15 is 0 Å². The second kappa shape index (κ2) is 11.5. The van der Waals surface area contributed by atoms with Crippen LogP contribution in [0.2, 0.25) is 0 Å². The normalized spacial score (nSPS) is 16.8. The average Bonchev–Trinajstić information content (AvgIpc) is 3.53. The van der Waals surface area contributed by atoms with Crippen LogP contribution in [0.15, 0.2) is 82.7 Å². The maximum Gasteiger partial charge on any atom is 0.301 e. The first kappa shape index (κ1) is 28.5. The number of aromatic nitrogens is 2. The molecule has 0 bridgehead atoms. The molecule has 7 nitrogen and oxygen atoms in total. The van der Waals surface area contributed by atoms with Crippen molar-refractivity contribution in [3.8, 4) is 5.75 Å². The van der Waals surface area contributed by atoms with E-state index in [-0.39, 0.29) is 27.7 Å². The Hall–Kier alpha value is -4.02. The van der Waals surface area contributed by atoms with Crippen LogP contribution in [0.1, 0.15) is 49.1 Å². The van der Waals surface area contributed by atoms with Crippen molar-refractivity contribution in [3.63, 3.8) is 0 Å². The molecule has 1 aliphatic heterocycles. The molecule has 1 atom stereocenters. The zero-order valence-corrected chi connectivity index (χ0v) is 24.6. The third kappa shape index (κ3) is 5.75. The van der Waals surface area contributed by atoms with Crippen molar-refractivity contribution in [2.24, 2.45) is 0 Å². The molecule has 0 radical (unpaired) electrons. The highest BCUT2D eigenvalue weighted by Crippen LogP contribution is 2.44. The summed E-state index contributed by atoms with van der Waals surface area (Å²) in [5.74, 6) is -1.32. The molecule has 0 spiro atoms. The van der Waals surface area contributed by atoms with Crippen LogP contribution < -0.4 is 9.64 Å². The van der Waals surface area contributed by atoms with Gasteiger partial charge in [-0.25, -0.2) is 4.39 Å². The van der Waals surface area contributed by atoms with Gasteiger partial charge in [0.1, 0.15) is 17.3 Å². The minimum Gasteiger partial charge on any atom is -0.507 e. The Morgan fingerprint density at radius 2 is 1.71 bits per heavy atom. The van der Waals surface area contributed by atoms with E-state index in [0.717, 1.165) is 16.9 Å². The minimum absolute atomic E-state index is 0.0422. The molecule has 2 heterocycles. The van der Waals surface area contributed by atoms with Gasteiger partial charge in [0.2, 0.25) is 5.13 Å². The second-order valence-corrected chi connectivity index (χ2v) is 12.7. The van der Waals surface area contributed by atoms with Crippen molar-refractivity contribution in [2.75, 3.05) is 12.0 Å². The van der Waals surface area contributed by atoms with Gasteiger partial charge in [0, 0.05) is 11.3 Å². The van der Waals surface area contributed by atoms with Gasteiger partial charge in [-0.3, -0.25) is 14.5 Å². The molecule has 41 heavy (non-hydrogen) atoms. The summed E-state index contributed by atoms with van der Waals surface area (Å²) in [6, 6.07) is 19.8. The molecule has 4 aromatic rings. The number of rotatable bonds is 7. The number of halogens is 1.